The van der Waals surface area contributed by atoms with Crippen molar-refractivity contribution in [3.05, 3.63) is 12.8 Å². The zero-order valence-electron chi connectivity index (χ0n) is 10.2. The Morgan fingerprint density at radius 3 is 2.06 bits per heavy atom. The van der Waals surface area contributed by atoms with Gasteiger partial charge in [-0.3, -0.25) is 0 Å². The van der Waals surface area contributed by atoms with E-state index in [-0.39, 0.29) is 0 Å². The average Bonchev–Trinajstić information content (AvgIpc) is 2.26. The lowest BCUT2D eigenvalue weighted by molar-refractivity contribution is -0.0250. The van der Waals surface area contributed by atoms with Crippen LogP contribution in [0.15, 0.2) is 12.8 Å². The first-order valence-corrected chi connectivity index (χ1v) is 6.72. The summed E-state index contributed by atoms with van der Waals surface area (Å²) in [6.45, 7) is 5.44. The third-order valence-corrected chi connectivity index (χ3v) is 4.04. The van der Waals surface area contributed by atoms with Crippen LogP contribution in [0.4, 0.5) is 0 Å². The van der Waals surface area contributed by atoms with Gasteiger partial charge in [0.1, 0.15) is 0 Å². The fraction of sp³-hybridized carbons (Fsp3) is 0.857. The van der Waals surface area contributed by atoms with E-state index in [1.165, 1.54) is 44.9 Å². The standard InChI is InChI=1S/C14H24O2/c1-2-15-10-12-6-8-13(9-7-12)11-16-14-4-3-5-14/h2,12-14H,1,3-11H2. The predicted octanol–water partition coefficient (Wildman–Crippen LogP) is 3.52. The molecule has 0 aliphatic heterocycles. The lowest BCUT2D eigenvalue weighted by Crippen LogP contribution is -2.27. The summed E-state index contributed by atoms with van der Waals surface area (Å²) < 4.78 is 11.2. The van der Waals surface area contributed by atoms with E-state index < -0.39 is 0 Å². The summed E-state index contributed by atoms with van der Waals surface area (Å²) in [7, 11) is 0. The zero-order valence-corrected chi connectivity index (χ0v) is 10.2. The first-order valence-electron chi connectivity index (χ1n) is 6.72. The van der Waals surface area contributed by atoms with Gasteiger partial charge in [-0.2, -0.15) is 0 Å². The van der Waals surface area contributed by atoms with E-state index in [4.69, 9.17) is 9.47 Å². The van der Waals surface area contributed by atoms with Crippen molar-refractivity contribution in [3.63, 3.8) is 0 Å². The molecule has 0 amide bonds. The van der Waals surface area contributed by atoms with Gasteiger partial charge in [0, 0.05) is 6.61 Å². The van der Waals surface area contributed by atoms with Crippen LogP contribution in [-0.4, -0.2) is 19.3 Å². The molecule has 2 heteroatoms. The molecule has 2 aliphatic rings. The average molecular weight is 224 g/mol. The van der Waals surface area contributed by atoms with Crippen molar-refractivity contribution in [2.45, 2.75) is 51.0 Å². The molecular weight excluding hydrogens is 200 g/mol. The maximum absolute atomic E-state index is 5.89. The minimum Gasteiger partial charge on any atom is -0.502 e. The fourth-order valence-electron chi connectivity index (χ4n) is 2.58. The van der Waals surface area contributed by atoms with Gasteiger partial charge in [-0.25, -0.2) is 0 Å². The molecule has 0 spiro atoms. The lowest BCUT2D eigenvalue weighted by Gasteiger charge is -2.31. The molecule has 0 aromatic carbocycles. The molecule has 92 valence electrons. The highest BCUT2D eigenvalue weighted by atomic mass is 16.5. The second-order valence-corrected chi connectivity index (χ2v) is 5.27. The van der Waals surface area contributed by atoms with Crippen LogP contribution in [-0.2, 0) is 9.47 Å². The Hall–Kier alpha value is -0.500. The van der Waals surface area contributed by atoms with Crippen LogP contribution in [0.3, 0.4) is 0 Å². The molecule has 0 heterocycles. The molecule has 0 saturated heterocycles. The van der Waals surface area contributed by atoms with Crippen LogP contribution >= 0.6 is 0 Å². The van der Waals surface area contributed by atoms with Gasteiger partial charge in [0.25, 0.3) is 0 Å². The van der Waals surface area contributed by atoms with Crippen molar-refractivity contribution < 1.29 is 9.47 Å². The van der Waals surface area contributed by atoms with Crippen LogP contribution < -0.4 is 0 Å². The van der Waals surface area contributed by atoms with Crippen molar-refractivity contribution in [1.29, 1.82) is 0 Å². The molecule has 0 aromatic heterocycles. The third kappa shape index (κ3) is 3.51. The minimum absolute atomic E-state index is 0.599. The van der Waals surface area contributed by atoms with Gasteiger partial charge in [0.15, 0.2) is 0 Å². The summed E-state index contributed by atoms with van der Waals surface area (Å²) in [5.41, 5.74) is 0. The molecule has 0 N–H and O–H groups in total. The lowest BCUT2D eigenvalue weighted by atomic mass is 9.82. The summed E-state index contributed by atoms with van der Waals surface area (Å²) in [4.78, 5) is 0. The molecular formula is C14H24O2. The molecule has 2 fully saturated rings. The first-order chi connectivity index (χ1) is 7.88. The SMILES string of the molecule is C=COCC1CCC(COC2CCC2)CC1. The Morgan fingerprint density at radius 1 is 0.938 bits per heavy atom. The molecule has 0 unspecified atom stereocenters. The second-order valence-electron chi connectivity index (χ2n) is 5.27. The van der Waals surface area contributed by atoms with Crippen molar-refractivity contribution in [2.75, 3.05) is 13.2 Å². The Kier molecular flexibility index (Phi) is 4.70. The summed E-state index contributed by atoms with van der Waals surface area (Å²) in [6, 6.07) is 0. The quantitative estimate of drug-likeness (QED) is 0.643. The second kappa shape index (κ2) is 6.29. The highest BCUT2D eigenvalue weighted by molar-refractivity contribution is 4.75. The summed E-state index contributed by atoms with van der Waals surface area (Å²) in [5, 5.41) is 0. The van der Waals surface area contributed by atoms with Crippen LogP contribution in [0.25, 0.3) is 0 Å². The van der Waals surface area contributed by atoms with Crippen molar-refractivity contribution in [2.24, 2.45) is 11.8 Å². The molecule has 0 radical (unpaired) electrons. The summed E-state index contributed by atoms with van der Waals surface area (Å²) in [5.74, 6) is 1.55. The van der Waals surface area contributed by atoms with Crippen LogP contribution in [0.5, 0.6) is 0 Å². The largest absolute Gasteiger partial charge is 0.502 e. The van der Waals surface area contributed by atoms with Crippen LogP contribution in [0.1, 0.15) is 44.9 Å². The number of hydrogen-bond acceptors (Lipinski definition) is 2. The van der Waals surface area contributed by atoms with Gasteiger partial charge >= 0.3 is 0 Å². The molecule has 2 rings (SSSR count). The van der Waals surface area contributed by atoms with E-state index >= 15 is 0 Å². The summed E-state index contributed by atoms with van der Waals surface area (Å²) >= 11 is 0. The Bertz CT molecular complexity index is 203. The maximum Gasteiger partial charge on any atom is 0.0901 e. The third-order valence-electron chi connectivity index (χ3n) is 4.04. The van der Waals surface area contributed by atoms with Crippen molar-refractivity contribution >= 4 is 0 Å². The van der Waals surface area contributed by atoms with E-state index in [0.29, 0.717) is 6.10 Å². The molecule has 0 bridgehead atoms. The van der Waals surface area contributed by atoms with E-state index in [9.17, 15) is 0 Å². The zero-order chi connectivity index (χ0) is 11.2. The minimum atomic E-state index is 0.599. The van der Waals surface area contributed by atoms with E-state index in [2.05, 4.69) is 6.58 Å². The molecule has 2 aliphatic carbocycles. The van der Waals surface area contributed by atoms with Gasteiger partial charge in [0.2, 0.25) is 0 Å². The van der Waals surface area contributed by atoms with Gasteiger partial charge in [0.05, 0.1) is 19.0 Å². The van der Waals surface area contributed by atoms with E-state index in [1.54, 1.807) is 6.26 Å². The maximum atomic E-state index is 5.89. The Morgan fingerprint density at radius 2 is 1.56 bits per heavy atom. The Labute approximate surface area is 99.0 Å². The molecule has 2 saturated carbocycles. The molecule has 16 heavy (non-hydrogen) atoms. The van der Waals surface area contributed by atoms with Crippen LogP contribution in [0.2, 0.25) is 0 Å². The molecule has 0 atom stereocenters. The highest BCUT2D eigenvalue weighted by Gasteiger charge is 2.24. The summed E-state index contributed by atoms with van der Waals surface area (Å²) in [6.07, 6.45) is 11.4. The normalized spacial score (nSPS) is 30.8. The predicted molar refractivity (Wildman–Crippen MR) is 65.2 cm³/mol. The first kappa shape index (κ1) is 12.0. The smallest absolute Gasteiger partial charge is 0.0901 e. The van der Waals surface area contributed by atoms with Crippen LogP contribution in [0, 0.1) is 11.8 Å². The van der Waals surface area contributed by atoms with Gasteiger partial charge in [-0.15, -0.1) is 0 Å². The van der Waals surface area contributed by atoms with Crippen molar-refractivity contribution in [3.8, 4) is 0 Å². The van der Waals surface area contributed by atoms with Gasteiger partial charge in [-0.05, 0) is 56.8 Å². The van der Waals surface area contributed by atoms with Crippen molar-refractivity contribution in [1.82, 2.24) is 0 Å². The van der Waals surface area contributed by atoms with E-state index in [1.807, 2.05) is 0 Å². The monoisotopic (exact) mass is 224 g/mol. The molecule has 2 nitrogen and oxygen atoms in total. The number of rotatable bonds is 6. The van der Waals surface area contributed by atoms with Gasteiger partial charge in [-0.1, -0.05) is 6.58 Å². The van der Waals surface area contributed by atoms with Gasteiger partial charge < -0.3 is 9.47 Å². The topological polar surface area (TPSA) is 18.5 Å². The van der Waals surface area contributed by atoms with E-state index in [0.717, 1.165) is 25.0 Å². The highest BCUT2D eigenvalue weighted by Crippen LogP contribution is 2.30. The fourth-order valence-corrected chi connectivity index (χ4v) is 2.58. The number of ether oxygens (including phenoxy) is 2. The molecule has 0 aromatic rings. The Balaban J connectivity index is 1.55. The number of hydrogen-bond donors (Lipinski definition) is 0.